The van der Waals surface area contributed by atoms with Crippen molar-refractivity contribution in [3.8, 4) is 18.1 Å². The zero-order valence-corrected chi connectivity index (χ0v) is 14.2. The number of hydrogen-bond acceptors (Lipinski definition) is 4. The molecule has 0 bridgehead atoms. The minimum Gasteiger partial charge on any atom is -0.478 e. The van der Waals surface area contributed by atoms with Gasteiger partial charge in [0.05, 0.1) is 17.9 Å². The average Bonchev–Trinajstić information content (AvgIpc) is 2.62. The minimum atomic E-state index is -0.382. The van der Waals surface area contributed by atoms with E-state index >= 15 is 0 Å². The van der Waals surface area contributed by atoms with Crippen LogP contribution in [0.1, 0.15) is 22.8 Å². The van der Waals surface area contributed by atoms with E-state index in [-0.39, 0.29) is 12.6 Å². The number of rotatable bonds is 8. The molecule has 2 aromatic carbocycles. The van der Waals surface area contributed by atoms with Crippen LogP contribution in [0.4, 0.5) is 11.4 Å². The lowest BCUT2D eigenvalue weighted by atomic mass is 10.0. The molecule has 0 aliphatic carbocycles. The first kappa shape index (κ1) is 18.2. The molecule has 0 fully saturated rings. The zero-order valence-electron chi connectivity index (χ0n) is 14.2. The molecule has 128 valence electrons. The molecule has 0 saturated carbocycles. The molecule has 2 aromatic rings. The molecule has 4 heteroatoms. The van der Waals surface area contributed by atoms with Gasteiger partial charge in [0.25, 0.3) is 0 Å². The fourth-order valence-electron chi connectivity index (χ4n) is 2.38. The highest BCUT2D eigenvalue weighted by atomic mass is 16.5. The highest BCUT2D eigenvalue weighted by molar-refractivity contribution is 5.92. The smallest absolute Gasteiger partial charge is 0.338 e. The van der Waals surface area contributed by atoms with Gasteiger partial charge in [-0.3, -0.25) is 0 Å². The summed E-state index contributed by atoms with van der Waals surface area (Å²) < 4.78 is 10.9. The number of carbonyl (C=O) groups excluding carboxylic acids is 1. The van der Waals surface area contributed by atoms with Gasteiger partial charge in [-0.05, 0) is 37.6 Å². The number of benzene rings is 2. The number of allylic oxidation sites excluding steroid dienone is 1. The number of para-hydroxylation sites is 1. The van der Waals surface area contributed by atoms with E-state index < -0.39 is 0 Å². The largest absolute Gasteiger partial charge is 0.478 e. The van der Waals surface area contributed by atoms with Gasteiger partial charge in [0.1, 0.15) is 12.4 Å². The van der Waals surface area contributed by atoms with Crippen molar-refractivity contribution in [1.29, 1.82) is 0 Å². The van der Waals surface area contributed by atoms with Crippen LogP contribution in [0.15, 0.2) is 55.1 Å². The Balaban J connectivity index is 2.51. The normalized spacial score (nSPS) is 9.76. The summed E-state index contributed by atoms with van der Waals surface area (Å²) in [4.78, 5) is 12.2. The van der Waals surface area contributed by atoms with Crippen molar-refractivity contribution in [1.82, 2.24) is 0 Å². The van der Waals surface area contributed by atoms with Gasteiger partial charge in [0.2, 0.25) is 0 Å². The van der Waals surface area contributed by atoms with Crippen LogP contribution in [0.5, 0.6) is 5.75 Å². The Morgan fingerprint density at radius 3 is 2.72 bits per heavy atom. The van der Waals surface area contributed by atoms with Crippen LogP contribution in [0.25, 0.3) is 0 Å². The molecule has 0 amide bonds. The summed E-state index contributed by atoms with van der Waals surface area (Å²) in [5.74, 6) is 2.69. The quantitative estimate of drug-likeness (QED) is 0.443. The molecular weight excluding hydrogens is 314 g/mol. The summed E-state index contributed by atoms with van der Waals surface area (Å²) in [6, 6.07) is 13.1. The van der Waals surface area contributed by atoms with Crippen LogP contribution < -0.4 is 10.1 Å². The van der Waals surface area contributed by atoms with Gasteiger partial charge in [-0.25, -0.2) is 4.79 Å². The number of terminal acetylenes is 1. The molecule has 0 spiro atoms. The van der Waals surface area contributed by atoms with Gasteiger partial charge in [-0.1, -0.05) is 30.2 Å². The average molecular weight is 335 g/mol. The van der Waals surface area contributed by atoms with Crippen LogP contribution in [-0.4, -0.2) is 19.2 Å². The van der Waals surface area contributed by atoms with E-state index in [1.54, 1.807) is 25.1 Å². The summed E-state index contributed by atoms with van der Waals surface area (Å²) in [5, 5.41) is 3.28. The predicted molar refractivity (Wildman–Crippen MR) is 100 cm³/mol. The maximum atomic E-state index is 12.2. The van der Waals surface area contributed by atoms with Gasteiger partial charge < -0.3 is 14.8 Å². The van der Waals surface area contributed by atoms with Crippen molar-refractivity contribution in [2.24, 2.45) is 0 Å². The van der Waals surface area contributed by atoms with Crippen LogP contribution in [0.2, 0.25) is 0 Å². The fraction of sp³-hybridized carbons (Fsp3) is 0.190. The molecule has 0 saturated heterocycles. The maximum absolute atomic E-state index is 12.2. The van der Waals surface area contributed by atoms with Crippen LogP contribution in [0, 0.1) is 12.3 Å². The van der Waals surface area contributed by atoms with E-state index in [0.29, 0.717) is 30.0 Å². The highest BCUT2D eigenvalue weighted by Crippen LogP contribution is 2.34. The van der Waals surface area contributed by atoms with E-state index in [2.05, 4.69) is 17.8 Å². The van der Waals surface area contributed by atoms with Crippen molar-refractivity contribution in [2.45, 2.75) is 13.3 Å². The van der Waals surface area contributed by atoms with Gasteiger partial charge in [0.15, 0.2) is 0 Å². The van der Waals surface area contributed by atoms with Crippen molar-refractivity contribution < 1.29 is 14.3 Å². The molecule has 0 aliphatic heterocycles. The first-order valence-corrected chi connectivity index (χ1v) is 8.02. The van der Waals surface area contributed by atoms with Crippen molar-refractivity contribution in [3.63, 3.8) is 0 Å². The third kappa shape index (κ3) is 4.89. The second kappa shape index (κ2) is 9.19. The Morgan fingerprint density at radius 1 is 1.32 bits per heavy atom. The molecule has 0 aliphatic rings. The number of hydrogen-bond donors (Lipinski definition) is 1. The Kier molecular flexibility index (Phi) is 6.67. The van der Waals surface area contributed by atoms with Crippen molar-refractivity contribution >= 4 is 17.3 Å². The molecule has 0 radical (unpaired) electrons. The number of nitrogens with one attached hydrogen (secondary N) is 1. The molecule has 0 heterocycles. The van der Waals surface area contributed by atoms with E-state index in [0.717, 1.165) is 11.3 Å². The van der Waals surface area contributed by atoms with Crippen molar-refractivity contribution in [3.05, 3.63) is 66.2 Å². The summed E-state index contributed by atoms with van der Waals surface area (Å²) in [6.07, 6.45) is 7.62. The lowest BCUT2D eigenvalue weighted by Gasteiger charge is -2.17. The summed E-state index contributed by atoms with van der Waals surface area (Å²) in [7, 11) is 0. The second-order valence-electron chi connectivity index (χ2n) is 5.21. The molecule has 4 nitrogen and oxygen atoms in total. The summed E-state index contributed by atoms with van der Waals surface area (Å²) >= 11 is 0. The third-order valence-corrected chi connectivity index (χ3v) is 3.39. The van der Waals surface area contributed by atoms with E-state index in [1.807, 2.05) is 30.3 Å². The van der Waals surface area contributed by atoms with Crippen molar-refractivity contribution in [2.75, 3.05) is 18.5 Å². The summed E-state index contributed by atoms with van der Waals surface area (Å²) in [6.45, 7) is 5.99. The number of anilines is 2. The number of carbonyl (C=O) groups is 1. The van der Waals surface area contributed by atoms with Crippen LogP contribution in [0.3, 0.4) is 0 Å². The molecule has 25 heavy (non-hydrogen) atoms. The maximum Gasteiger partial charge on any atom is 0.338 e. The molecule has 0 aromatic heterocycles. The lowest BCUT2D eigenvalue weighted by molar-refractivity contribution is 0.0526. The standard InChI is InChI=1S/C21H21NO3/c1-4-10-16-14-17(21(23)24-6-3)15-19(20(16)25-13-5-2)22-18-11-8-7-9-12-18/h2,4,7-9,11-12,14-15,22H,1,6,10,13H2,3H3. The molecule has 2 rings (SSSR count). The fourth-order valence-corrected chi connectivity index (χ4v) is 2.38. The van der Waals surface area contributed by atoms with Gasteiger partial charge in [-0.2, -0.15) is 0 Å². The minimum absolute atomic E-state index is 0.131. The number of ether oxygens (including phenoxy) is 2. The van der Waals surface area contributed by atoms with Gasteiger partial charge in [0, 0.05) is 11.3 Å². The van der Waals surface area contributed by atoms with E-state index in [1.165, 1.54) is 0 Å². The van der Waals surface area contributed by atoms with Gasteiger partial charge >= 0.3 is 5.97 Å². The lowest BCUT2D eigenvalue weighted by Crippen LogP contribution is -2.09. The Labute approximate surface area is 148 Å². The summed E-state index contributed by atoms with van der Waals surface area (Å²) in [5.41, 5.74) is 2.79. The first-order chi connectivity index (χ1) is 12.2. The molecular formula is C21H21NO3. The van der Waals surface area contributed by atoms with E-state index in [9.17, 15) is 4.79 Å². The zero-order chi connectivity index (χ0) is 18.1. The SMILES string of the molecule is C#CCOc1c(CC=C)cc(C(=O)OCC)cc1Nc1ccccc1. The van der Waals surface area contributed by atoms with Crippen LogP contribution in [-0.2, 0) is 11.2 Å². The third-order valence-electron chi connectivity index (χ3n) is 3.39. The van der Waals surface area contributed by atoms with Crippen LogP contribution >= 0.6 is 0 Å². The van der Waals surface area contributed by atoms with E-state index in [4.69, 9.17) is 15.9 Å². The van der Waals surface area contributed by atoms with Gasteiger partial charge in [-0.15, -0.1) is 13.0 Å². The predicted octanol–water partition coefficient (Wildman–Crippen LogP) is 4.35. The Morgan fingerprint density at radius 2 is 2.08 bits per heavy atom. The molecule has 0 unspecified atom stereocenters. The Bertz CT molecular complexity index is 776. The first-order valence-electron chi connectivity index (χ1n) is 8.02. The second-order valence-corrected chi connectivity index (χ2v) is 5.21. The molecule has 1 N–H and O–H groups in total. The number of esters is 1. The molecule has 0 atom stereocenters. The monoisotopic (exact) mass is 335 g/mol. The highest BCUT2D eigenvalue weighted by Gasteiger charge is 2.16. The topological polar surface area (TPSA) is 47.6 Å². The Hall–Kier alpha value is -3.19.